The number of nitrogens with zero attached hydrogens (tertiary/aromatic N) is 2. The minimum atomic E-state index is 0.266. The van der Waals surface area contributed by atoms with Crippen molar-refractivity contribution >= 4 is 5.96 Å². The Kier molecular flexibility index (Phi) is 7.18. The van der Waals surface area contributed by atoms with Crippen molar-refractivity contribution in [2.24, 2.45) is 10.7 Å². The van der Waals surface area contributed by atoms with E-state index in [9.17, 15) is 0 Å². The number of nitrogens with one attached hydrogen (secondary N) is 1. The Balaban J connectivity index is 1.66. The maximum absolute atomic E-state index is 6.23. The Morgan fingerprint density at radius 1 is 1.19 bits per heavy atom. The third-order valence-electron chi connectivity index (χ3n) is 5.70. The van der Waals surface area contributed by atoms with Crippen molar-refractivity contribution in [1.29, 1.82) is 0 Å². The van der Waals surface area contributed by atoms with Crippen LogP contribution in [0.25, 0.3) is 0 Å². The first-order valence-electron chi connectivity index (χ1n) is 10.2. The molecule has 0 amide bonds. The van der Waals surface area contributed by atoms with Crippen molar-refractivity contribution in [3.05, 3.63) is 29.8 Å². The molecular formula is C21H34N4O. The zero-order valence-corrected chi connectivity index (χ0v) is 16.1. The van der Waals surface area contributed by atoms with E-state index in [1.807, 2.05) is 6.07 Å². The van der Waals surface area contributed by atoms with Gasteiger partial charge in [-0.3, -0.25) is 9.89 Å². The number of benzene rings is 1. The van der Waals surface area contributed by atoms with Crippen molar-refractivity contribution in [2.75, 3.05) is 26.7 Å². The first kappa shape index (κ1) is 19.0. The molecule has 0 aromatic heterocycles. The summed E-state index contributed by atoms with van der Waals surface area (Å²) in [5.74, 6) is 1.50. The lowest BCUT2D eigenvalue weighted by molar-refractivity contribution is 0.251. The first-order valence-corrected chi connectivity index (χ1v) is 10.2. The van der Waals surface area contributed by atoms with Crippen LogP contribution in [-0.4, -0.2) is 43.6 Å². The van der Waals surface area contributed by atoms with Gasteiger partial charge in [0.25, 0.3) is 0 Å². The van der Waals surface area contributed by atoms with Gasteiger partial charge >= 0.3 is 0 Å². The van der Waals surface area contributed by atoms with Crippen LogP contribution in [0.4, 0.5) is 0 Å². The number of ether oxygens (including phenoxy) is 1. The van der Waals surface area contributed by atoms with E-state index in [4.69, 9.17) is 15.5 Å². The van der Waals surface area contributed by atoms with Crippen LogP contribution >= 0.6 is 0 Å². The molecule has 1 aliphatic heterocycles. The van der Waals surface area contributed by atoms with Crippen molar-refractivity contribution in [3.8, 4) is 5.75 Å². The molecule has 2 fully saturated rings. The Hall–Kier alpha value is -1.75. The van der Waals surface area contributed by atoms with Crippen LogP contribution in [0.2, 0.25) is 0 Å². The molecule has 1 aromatic carbocycles. The Morgan fingerprint density at radius 2 is 1.92 bits per heavy atom. The summed E-state index contributed by atoms with van der Waals surface area (Å²) < 4.78 is 5.41. The number of methoxy groups -OCH3 is 1. The lowest BCUT2D eigenvalue weighted by atomic mass is 10.1. The number of hydrogen-bond donors (Lipinski definition) is 2. The second kappa shape index (κ2) is 9.81. The number of likely N-dealkylation sites (tertiary alicyclic amines) is 1. The second-order valence-electron chi connectivity index (χ2n) is 7.59. The molecule has 3 N–H and O–H groups in total. The lowest BCUT2D eigenvalue weighted by Gasteiger charge is -2.27. The van der Waals surface area contributed by atoms with Gasteiger partial charge in [-0.2, -0.15) is 0 Å². The fourth-order valence-corrected chi connectivity index (χ4v) is 4.20. The number of rotatable bonds is 6. The number of guanidine groups is 1. The van der Waals surface area contributed by atoms with Gasteiger partial charge in [0.2, 0.25) is 0 Å². The predicted octanol–water partition coefficient (Wildman–Crippen LogP) is 3.46. The topological polar surface area (TPSA) is 62.9 Å². The molecule has 26 heavy (non-hydrogen) atoms. The molecule has 1 heterocycles. The van der Waals surface area contributed by atoms with E-state index in [0.717, 1.165) is 18.8 Å². The standard InChI is InChI=1S/C21H34N4O/c1-26-19-12-8-9-17(15-19)20(25-13-6-7-14-25)16-23-21(22)24-18-10-4-2-3-5-11-18/h8-9,12,15,18,20H,2-7,10-11,13-14,16H2,1H3,(H3,22,23,24). The summed E-state index contributed by atoms with van der Waals surface area (Å²) in [6.45, 7) is 2.96. The molecule has 1 saturated heterocycles. The highest BCUT2D eigenvalue weighted by atomic mass is 16.5. The normalized spacial score (nSPS) is 21.3. The predicted molar refractivity (Wildman–Crippen MR) is 108 cm³/mol. The highest BCUT2D eigenvalue weighted by Crippen LogP contribution is 2.28. The van der Waals surface area contributed by atoms with Crippen LogP contribution in [-0.2, 0) is 0 Å². The molecule has 2 aliphatic rings. The summed E-state index contributed by atoms with van der Waals surface area (Å²) in [5, 5.41) is 3.46. The molecule has 1 aromatic rings. The van der Waals surface area contributed by atoms with Gasteiger partial charge in [-0.15, -0.1) is 0 Å². The van der Waals surface area contributed by atoms with Crippen LogP contribution in [0.5, 0.6) is 5.75 Å². The monoisotopic (exact) mass is 358 g/mol. The second-order valence-corrected chi connectivity index (χ2v) is 7.59. The van der Waals surface area contributed by atoms with E-state index < -0.39 is 0 Å². The maximum atomic E-state index is 6.23. The minimum absolute atomic E-state index is 0.266. The molecular weight excluding hydrogens is 324 g/mol. The summed E-state index contributed by atoms with van der Waals surface area (Å²) in [7, 11) is 1.72. The quantitative estimate of drug-likeness (QED) is 0.464. The molecule has 1 saturated carbocycles. The lowest BCUT2D eigenvalue weighted by Crippen LogP contribution is -2.40. The molecule has 0 spiro atoms. The summed E-state index contributed by atoms with van der Waals surface area (Å²) >= 11 is 0. The van der Waals surface area contributed by atoms with Crippen molar-refractivity contribution in [2.45, 2.75) is 63.5 Å². The van der Waals surface area contributed by atoms with Gasteiger partial charge in [0, 0.05) is 6.04 Å². The summed E-state index contributed by atoms with van der Waals surface area (Å²) in [5.41, 5.74) is 7.49. The summed E-state index contributed by atoms with van der Waals surface area (Å²) in [6, 6.07) is 9.12. The first-order chi connectivity index (χ1) is 12.8. The molecule has 3 rings (SSSR count). The average Bonchev–Trinajstić information content (AvgIpc) is 3.07. The van der Waals surface area contributed by atoms with Crippen molar-refractivity contribution in [1.82, 2.24) is 10.2 Å². The van der Waals surface area contributed by atoms with Gasteiger partial charge in [-0.1, -0.05) is 37.8 Å². The average molecular weight is 359 g/mol. The van der Waals surface area contributed by atoms with Gasteiger partial charge in [0.05, 0.1) is 19.7 Å². The van der Waals surface area contributed by atoms with Gasteiger partial charge in [-0.05, 0) is 56.5 Å². The van der Waals surface area contributed by atoms with Gasteiger partial charge < -0.3 is 15.8 Å². The van der Waals surface area contributed by atoms with E-state index >= 15 is 0 Å². The Morgan fingerprint density at radius 3 is 2.62 bits per heavy atom. The fraction of sp³-hybridized carbons (Fsp3) is 0.667. The van der Waals surface area contributed by atoms with Crippen molar-refractivity contribution in [3.63, 3.8) is 0 Å². The molecule has 0 bridgehead atoms. The molecule has 5 heteroatoms. The molecule has 1 atom stereocenters. The van der Waals surface area contributed by atoms with Gasteiger partial charge in [0.15, 0.2) is 5.96 Å². The van der Waals surface area contributed by atoms with E-state index in [1.54, 1.807) is 7.11 Å². The molecule has 0 radical (unpaired) electrons. The van der Waals surface area contributed by atoms with Crippen LogP contribution < -0.4 is 15.8 Å². The molecule has 1 unspecified atom stereocenters. The molecule has 5 nitrogen and oxygen atoms in total. The maximum Gasteiger partial charge on any atom is 0.188 e. The van der Waals surface area contributed by atoms with Crippen LogP contribution in [0.3, 0.4) is 0 Å². The van der Waals surface area contributed by atoms with E-state index in [1.165, 1.54) is 56.9 Å². The summed E-state index contributed by atoms with van der Waals surface area (Å²) in [6.07, 6.45) is 10.2. The smallest absolute Gasteiger partial charge is 0.188 e. The van der Waals surface area contributed by atoms with Crippen molar-refractivity contribution < 1.29 is 4.74 Å². The van der Waals surface area contributed by atoms with Gasteiger partial charge in [0.1, 0.15) is 5.75 Å². The molecule has 144 valence electrons. The largest absolute Gasteiger partial charge is 0.497 e. The fourth-order valence-electron chi connectivity index (χ4n) is 4.20. The Bertz CT molecular complexity index is 575. The highest BCUT2D eigenvalue weighted by Gasteiger charge is 2.24. The van der Waals surface area contributed by atoms with E-state index in [-0.39, 0.29) is 6.04 Å². The zero-order valence-electron chi connectivity index (χ0n) is 16.1. The number of aliphatic imine (C=N–C) groups is 1. The van der Waals surface area contributed by atoms with Gasteiger partial charge in [-0.25, -0.2) is 0 Å². The number of hydrogen-bond acceptors (Lipinski definition) is 3. The van der Waals surface area contributed by atoms with Crippen LogP contribution in [0, 0.1) is 0 Å². The zero-order chi connectivity index (χ0) is 18.2. The third kappa shape index (κ3) is 5.37. The third-order valence-corrected chi connectivity index (χ3v) is 5.70. The van der Waals surface area contributed by atoms with E-state index in [0.29, 0.717) is 18.5 Å². The van der Waals surface area contributed by atoms with Crippen LogP contribution in [0.1, 0.15) is 63.0 Å². The minimum Gasteiger partial charge on any atom is -0.497 e. The highest BCUT2D eigenvalue weighted by molar-refractivity contribution is 5.78. The van der Waals surface area contributed by atoms with E-state index in [2.05, 4.69) is 28.4 Å². The Labute approximate surface area is 158 Å². The molecule has 1 aliphatic carbocycles. The number of nitrogens with two attached hydrogens (primary N) is 1. The summed E-state index contributed by atoms with van der Waals surface area (Å²) in [4.78, 5) is 7.25. The SMILES string of the molecule is COc1cccc(C(CN=C(N)NC2CCCCCC2)N2CCCC2)c1. The van der Waals surface area contributed by atoms with Crippen LogP contribution in [0.15, 0.2) is 29.3 Å².